The molecule has 0 aliphatic heterocycles. The van der Waals surface area contributed by atoms with Crippen molar-refractivity contribution in [1.29, 1.82) is 0 Å². The number of hydrogen-bond acceptors (Lipinski definition) is 3. The third-order valence-corrected chi connectivity index (χ3v) is 3.51. The Bertz CT molecular complexity index is 580. The lowest BCUT2D eigenvalue weighted by Gasteiger charge is -2.12. The minimum Gasteiger partial charge on any atom is -0.409 e. The van der Waals surface area contributed by atoms with Crippen molar-refractivity contribution in [3.8, 4) is 0 Å². The molecule has 2 rings (SSSR count). The summed E-state index contributed by atoms with van der Waals surface area (Å²) >= 11 is 0. The Labute approximate surface area is 118 Å². The molecule has 0 amide bonds. The highest BCUT2D eigenvalue weighted by molar-refractivity contribution is 5.95. The summed E-state index contributed by atoms with van der Waals surface area (Å²) in [4.78, 5) is 0. The van der Waals surface area contributed by atoms with Crippen molar-refractivity contribution >= 4 is 5.84 Å². The molecule has 0 bridgehead atoms. The van der Waals surface area contributed by atoms with Gasteiger partial charge in [-0.3, -0.25) is 4.68 Å². The molecule has 2 aromatic rings. The Morgan fingerprint density at radius 3 is 2.75 bits per heavy atom. The van der Waals surface area contributed by atoms with Crippen LogP contribution in [0.1, 0.15) is 44.1 Å². The van der Waals surface area contributed by atoms with Gasteiger partial charge in [-0.25, -0.2) is 0 Å². The van der Waals surface area contributed by atoms with E-state index in [1.807, 2.05) is 39.8 Å². The Morgan fingerprint density at radius 2 is 2.10 bits per heavy atom. The lowest BCUT2D eigenvalue weighted by Crippen LogP contribution is -2.18. The summed E-state index contributed by atoms with van der Waals surface area (Å²) in [5.74, 6) is 0.106. The average Bonchev–Trinajstić information content (AvgIpc) is 3.10. The van der Waals surface area contributed by atoms with Crippen molar-refractivity contribution in [2.24, 2.45) is 10.9 Å². The van der Waals surface area contributed by atoms with E-state index in [0.29, 0.717) is 18.3 Å². The van der Waals surface area contributed by atoms with Crippen LogP contribution in [0.15, 0.2) is 35.7 Å². The number of nitrogens with zero attached hydrogens (tertiary/aromatic N) is 4. The number of nitrogens with two attached hydrogens (primary N) is 1. The summed E-state index contributed by atoms with van der Waals surface area (Å²) in [6, 6.07) is 6.13. The number of rotatable bonds is 6. The molecule has 0 unspecified atom stereocenters. The van der Waals surface area contributed by atoms with Gasteiger partial charge in [0.1, 0.15) is 0 Å². The van der Waals surface area contributed by atoms with Crippen LogP contribution in [0.3, 0.4) is 0 Å². The summed E-state index contributed by atoms with van der Waals surface area (Å²) in [6.45, 7) is 4.93. The minimum absolute atomic E-state index is 0.106. The van der Waals surface area contributed by atoms with Crippen LogP contribution in [0.2, 0.25) is 0 Å². The van der Waals surface area contributed by atoms with Crippen LogP contribution < -0.4 is 5.73 Å². The molecule has 0 saturated heterocycles. The highest BCUT2D eigenvalue weighted by atomic mass is 16.4. The number of aromatic nitrogens is 3. The van der Waals surface area contributed by atoms with Crippen LogP contribution in [0.5, 0.6) is 0 Å². The van der Waals surface area contributed by atoms with Gasteiger partial charge in [0.2, 0.25) is 0 Å². The normalized spacial score (nSPS) is 12.2. The van der Waals surface area contributed by atoms with Gasteiger partial charge < -0.3 is 15.5 Å². The van der Waals surface area contributed by atoms with Gasteiger partial charge in [0.05, 0.1) is 24.0 Å². The van der Waals surface area contributed by atoms with Crippen molar-refractivity contribution < 1.29 is 5.21 Å². The fraction of sp³-hybridized carbons (Fsp3) is 0.429. The first-order valence-corrected chi connectivity index (χ1v) is 6.86. The molecule has 108 valence electrons. The van der Waals surface area contributed by atoms with Gasteiger partial charge in [-0.05, 0) is 31.0 Å². The molecule has 20 heavy (non-hydrogen) atoms. The first-order chi connectivity index (χ1) is 9.69. The first kappa shape index (κ1) is 14.2. The highest BCUT2D eigenvalue weighted by Crippen LogP contribution is 2.15. The second-order valence-electron chi connectivity index (χ2n) is 4.76. The van der Waals surface area contributed by atoms with Gasteiger partial charge in [-0.15, -0.1) is 0 Å². The zero-order valence-electron chi connectivity index (χ0n) is 11.9. The minimum atomic E-state index is 0.106. The van der Waals surface area contributed by atoms with Crippen molar-refractivity contribution in [3.63, 3.8) is 0 Å². The van der Waals surface area contributed by atoms with E-state index in [9.17, 15) is 0 Å². The van der Waals surface area contributed by atoms with Crippen LogP contribution in [-0.2, 0) is 6.54 Å². The molecule has 2 aromatic heterocycles. The van der Waals surface area contributed by atoms with Gasteiger partial charge in [0, 0.05) is 12.4 Å². The molecule has 0 atom stereocenters. The highest BCUT2D eigenvalue weighted by Gasteiger charge is 2.10. The summed E-state index contributed by atoms with van der Waals surface area (Å²) in [6.07, 6.45) is 6.04. The van der Waals surface area contributed by atoms with Gasteiger partial charge in [0.15, 0.2) is 5.84 Å². The molecule has 0 fully saturated rings. The molecule has 3 N–H and O–H groups in total. The van der Waals surface area contributed by atoms with E-state index in [0.717, 1.165) is 18.5 Å². The summed E-state index contributed by atoms with van der Waals surface area (Å²) in [7, 11) is 0. The Balaban J connectivity index is 2.17. The predicted octanol–water partition coefficient (Wildman–Crippen LogP) is 2.19. The summed E-state index contributed by atoms with van der Waals surface area (Å²) < 4.78 is 3.93. The van der Waals surface area contributed by atoms with Crippen molar-refractivity contribution in [2.45, 2.75) is 39.3 Å². The number of hydrogen-bond donors (Lipinski definition) is 2. The zero-order chi connectivity index (χ0) is 14.5. The van der Waals surface area contributed by atoms with Gasteiger partial charge in [-0.1, -0.05) is 19.0 Å². The van der Waals surface area contributed by atoms with Crippen LogP contribution in [0, 0.1) is 0 Å². The first-order valence-electron chi connectivity index (χ1n) is 6.86. The fourth-order valence-electron chi connectivity index (χ4n) is 2.34. The molecule has 2 heterocycles. The molecule has 0 saturated carbocycles. The largest absolute Gasteiger partial charge is 0.409 e. The van der Waals surface area contributed by atoms with Gasteiger partial charge in [-0.2, -0.15) is 5.10 Å². The van der Waals surface area contributed by atoms with Crippen LogP contribution in [0.25, 0.3) is 0 Å². The second-order valence-corrected chi connectivity index (χ2v) is 4.76. The van der Waals surface area contributed by atoms with Crippen molar-refractivity contribution in [3.05, 3.63) is 42.0 Å². The van der Waals surface area contributed by atoms with E-state index in [2.05, 4.69) is 24.1 Å². The maximum absolute atomic E-state index is 8.77. The quantitative estimate of drug-likeness (QED) is 0.367. The van der Waals surface area contributed by atoms with Crippen LogP contribution >= 0.6 is 0 Å². The Morgan fingerprint density at radius 1 is 1.35 bits per heavy atom. The molecule has 0 aliphatic carbocycles. The molecule has 0 radical (unpaired) electrons. The predicted molar refractivity (Wildman–Crippen MR) is 77.9 cm³/mol. The second kappa shape index (κ2) is 6.27. The maximum Gasteiger partial charge on any atom is 0.186 e. The van der Waals surface area contributed by atoms with Crippen molar-refractivity contribution in [1.82, 2.24) is 14.3 Å². The molecular formula is C14H21N5O. The molecule has 0 aliphatic rings. The molecule has 6 nitrogen and oxygen atoms in total. The molecule has 0 aromatic carbocycles. The maximum atomic E-state index is 8.77. The topological polar surface area (TPSA) is 81.4 Å². The third kappa shape index (κ3) is 2.84. The standard InChI is InChI=1S/C14H21N5O/c1-3-12(4-2)19-9-7-11(16-19)10-18-8-5-6-13(18)14(15)17-20/h5-9,12,20H,3-4,10H2,1-2H3,(H2,15,17). The van der Waals surface area contributed by atoms with Gasteiger partial charge >= 0.3 is 0 Å². The van der Waals surface area contributed by atoms with Crippen molar-refractivity contribution in [2.75, 3.05) is 0 Å². The monoisotopic (exact) mass is 275 g/mol. The van der Waals surface area contributed by atoms with E-state index in [4.69, 9.17) is 10.9 Å². The third-order valence-electron chi connectivity index (χ3n) is 3.51. The lowest BCUT2D eigenvalue weighted by molar-refractivity contribution is 0.318. The Hall–Kier alpha value is -2.24. The van der Waals surface area contributed by atoms with E-state index < -0.39 is 0 Å². The fourth-order valence-corrected chi connectivity index (χ4v) is 2.34. The Kier molecular flexibility index (Phi) is 4.45. The van der Waals surface area contributed by atoms with Crippen LogP contribution in [0.4, 0.5) is 0 Å². The average molecular weight is 275 g/mol. The number of amidine groups is 1. The van der Waals surface area contributed by atoms with Gasteiger partial charge in [0.25, 0.3) is 0 Å². The molecule has 0 spiro atoms. The van der Waals surface area contributed by atoms with E-state index >= 15 is 0 Å². The smallest absolute Gasteiger partial charge is 0.186 e. The zero-order valence-corrected chi connectivity index (χ0v) is 11.9. The van der Waals surface area contributed by atoms with E-state index in [1.54, 1.807) is 0 Å². The SMILES string of the molecule is CCC(CC)n1ccc(Cn2cccc2/C(N)=N/O)n1. The van der Waals surface area contributed by atoms with Crippen LogP contribution in [-0.4, -0.2) is 25.4 Å². The van der Waals surface area contributed by atoms with E-state index in [-0.39, 0.29) is 5.84 Å². The summed E-state index contributed by atoms with van der Waals surface area (Å²) in [5, 5.41) is 16.4. The molecular weight excluding hydrogens is 254 g/mol. The lowest BCUT2D eigenvalue weighted by atomic mass is 10.2. The summed E-state index contributed by atoms with van der Waals surface area (Å²) in [5.41, 5.74) is 7.29. The number of oxime groups is 1. The van der Waals surface area contributed by atoms with E-state index in [1.165, 1.54) is 0 Å². The molecule has 6 heteroatoms.